The standard InChI is InChI=1S/C14H17NO3S/c16-13(9-19-10-14(17)18)15-7-3-6-11-4-1-2-5-12(11)8-15/h1-2,4-5H,3,6-10H2,(H,17,18). The highest BCUT2D eigenvalue weighted by Gasteiger charge is 2.18. The maximum absolute atomic E-state index is 12.1. The van der Waals surface area contributed by atoms with E-state index in [1.54, 1.807) is 0 Å². The highest BCUT2D eigenvalue weighted by Crippen LogP contribution is 2.19. The molecule has 0 saturated carbocycles. The molecule has 4 nitrogen and oxygen atoms in total. The summed E-state index contributed by atoms with van der Waals surface area (Å²) in [6, 6.07) is 8.19. The van der Waals surface area contributed by atoms with Gasteiger partial charge in [-0.05, 0) is 24.0 Å². The molecule has 0 unspecified atom stereocenters. The van der Waals surface area contributed by atoms with Gasteiger partial charge in [-0.15, -0.1) is 11.8 Å². The molecule has 0 aromatic heterocycles. The number of aliphatic carboxylic acids is 1. The lowest BCUT2D eigenvalue weighted by Crippen LogP contribution is -2.32. The molecule has 1 aliphatic rings. The molecule has 0 saturated heterocycles. The van der Waals surface area contributed by atoms with Crippen molar-refractivity contribution in [3.05, 3.63) is 35.4 Å². The first kappa shape index (κ1) is 13.9. The molecule has 0 radical (unpaired) electrons. The average molecular weight is 279 g/mol. The van der Waals surface area contributed by atoms with Gasteiger partial charge in [-0.2, -0.15) is 0 Å². The molecule has 1 aromatic rings. The Labute approximate surface area is 116 Å². The average Bonchev–Trinajstić information content (AvgIpc) is 2.60. The molecule has 0 bridgehead atoms. The summed E-state index contributed by atoms with van der Waals surface area (Å²) in [5.41, 5.74) is 2.52. The molecule has 1 aromatic carbocycles. The van der Waals surface area contributed by atoms with Crippen molar-refractivity contribution in [2.45, 2.75) is 19.4 Å². The quantitative estimate of drug-likeness (QED) is 0.912. The van der Waals surface area contributed by atoms with Crippen LogP contribution in [0.3, 0.4) is 0 Å². The van der Waals surface area contributed by atoms with Crippen LogP contribution < -0.4 is 0 Å². The summed E-state index contributed by atoms with van der Waals surface area (Å²) in [5, 5.41) is 8.57. The Hall–Kier alpha value is -1.49. The van der Waals surface area contributed by atoms with Crippen LogP contribution in [0.15, 0.2) is 24.3 Å². The Morgan fingerprint density at radius 2 is 1.95 bits per heavy atom. The van der Waals surface area contributed by atoms with Crippen molar-refractivity contribution < 1.29 is 14.7 Å². The molecule has 0 spiro atoms. The highest BCUT2D eigenvalue weighted by molar-refractivity contribution is 8.00. The predicted octanol–water partition coefficient (Wildman–Crippen LogP) is 1.78. The smallest absolute Gasteiger partial charge is 0.313 e. The summed E-state index contributed by atoms with van der Waals surface area (Å²) >= 11 is 1.16. The van der Waals surface area contributed by atoms with E-state index in [2.05, 4.69) is 12.1 Å². The van der Waals surface area contributed by atoms with E-state index in [1.807, 2.05) is 17.0 Å². The Morgan fingerprint density at radius 3 is 2.68 bits per heavy atom. The van der Waals surface area contributed by atoms with Gasteiger partial charge in [0.2, 0.25) is 5.91 Å². The predicted molar refractivity (Wildman–Crippen MR) is 75.1 cm³/mol. The van der Waals surface area contributed by atoms with Crippen molar-refractivity contribution in [1.82, 2.24) is 4.90 Å². The number of amides is 1. The van der Waals surface area contributed by atoms with Crippen LogP contribution >= 0.6 is 11.8 Å². The number of carboxylic acid groups (broad SMARTS) is 1. The largest absolute Gasteiger partial charge is 0.481 e. The summed E-state index contributed by atoms with van der Waals surface area (Å²) in [7, 11) is 0. The third-order valence-electron chi connectivity index (χ3n) is 3.16. The van der Waals surface area contributed by atoms with Crippen molar-refractivity contribution >= 4 is 23.6 Å². The minimum atomic E-state index is -0.876. The summed E-state index contributed by atoms with van der Waals surface area (Å²) in [6.45, 7) is 1.39. The first-order chi connectivity index (χ1) is 9.16. The number of rotatable bonds is 4. The zero-order chi connectivity index (χ0) is 13.7. The number of carbonyl (C=O) groups excluding carboxylic acids is 1. The van der Waals surface area contributed by atoms with Crippen LogP contribution in [0.1, 0.15) is 17.5 Å². The minimum Gasteiger partial charge on any atom is -0.481 e. The number of thioether (sulfide) groups is 1. The molecule has 1 aliphatic heterocycles. The van der Waals surface area contributed by atoms with E-state index in [9.17, 15) is 9.59 Å². The first-order valence-corrected chi connectivity index (χ1v) is 7.46. The van der Waals surface area contributed by atoms with Gasteiger partial charge in [0, 0.05) is 13.1 Å². The zero-order valence-corrected chi connectivity index (χ0v) is 11.5. The Balaban J connectivity index is 1.94. The van der Waals surface area contributed by atoms with Crippen LogP contribution in [0.5, 0.6) is 0 Å². The lowest BCUT2D eigenvalue weighted by atomic mass is 10.0. The normalized spacial score (nSPS) is 14.6. The van der Waals surface area contributed by atoms with Crippen molar-refractivity contribution in [1.29, 1.82) is 0 Å². The summed E-state index contributed by atoms with van der Waals surface area (Å²) < 4.78 is 0. The van der Waals surface area contributed by atoms with Gasteiger partial charge in [-0.3, -0.25) is 9.59 Å². The monoisotopic (exact) mass is 279 g/mol. The fraction of sp³-hybridized carbons (Fsp3) is 0.429. The van der Waals surface area contributed by atoms with Gasteiger partial charge in [-0.25, -0.2) is 0 Å². The Kier molecular flexibility index (Phi) is 4.85. The van der Waals surface area contributed by atoms with Crippen LogP contribution in [0.2, 0.25) is 0 Å². The second kappa shape index (κ2) is 6.61. The molecule has 1 heterocycles. The van der Waals surface area contributed by atoms with Crippen molar-refractivity contribution in [2.24, 2.45) is 0 Å². The van der Waals surface area contributed by atoms with E-state index in [-0.39, 0.29) is 17.4 Å². The van der Waals surface area contributed by atoms with E-state index >= 15 is 0 Å². The molecule has 5 heteroatoms. The van der Waals surface area contributed by atoms with Crippen LogP contribution in [-0.2, 0) is 22.6 Å². The van der Waals surface area contributed by atoms with Gasteiger partial charge in [-0.1, -0.05) is 24.3 Å². The van der Waals surface area contributed by atoms with E-state index in [0.717, 1.165) is 31.1 Å². The van der Waals surface area contributed by atoms with Crippen LogP contribution in [0.4, 0.5) is 0 Å². The lowest BCUT2D eigenvalue weighted by Gasteiger charge is -2.20. The number of nitrogens with zero attached hydrogens (tertiary/aromatic N) is 1. The molecule has 0 fully saturated rings. The topological polar surface area (TPSA) is 57.6 Å². The number of benzene rings is 1. The Morgan fingerprint density at radius 1 is 1.21 bits per heavy atom. The lowest BCUT2D eigenvalue weighted by molar-refractivity contribution is -0.133. The number of fused-ring (bicyclic) bond motifs is 1. The number of hydrogen-bond donors (Lipinski definition) is 1. The second-order valence-electron chi connectivity index (χ2n) is 4.57. The summed E-state index contributed by atoms with van der Waals surface area (Å²) in [4.78, 5) is 24.3. The molecule has 1 N–H and O–H groups in total. The minimum absolute atomic E-state index is 0.0177. The number of carboxylic acids is 1. The molecule has 0 atom stereocenters. The van der Waals surface area contributed by atoms with Gasteiger partial charge < -0.3 is 10.0 Å². The molecule has 0 aliphatic carbocycles. The van der Waals surface area contributed by atoms with Crippen LogP contribution in [-0.4, -0.2) is 39.9 Å². The summed E-state index contributed by atoms with van der Waals surface area (Å²) in [6.07, 6.45) is 1.97. The van der Waals surface area contributed by atoms with Gasteiger partial charge >= 0.3 is 5.97 Å². The van der Waals surface area contributed by atoms with Gasteiger partial charge in [0.1, 0.15) is 0 Å². The number of carbonyl (C=O) groups is 2. The molecule has 102 valence electrons. The molecular formula is C14H17NO3S. The van der Waals surface area contributed by atoms with E-state index in [1.165, 1.54) is 11.1 Å². The van der Waals surface area contributed by atoms with Crippen LogP contribution in [0.25, 0.3) is 0 Å². The van der Waals surface area contributed by atoms with E-state index < -0.39 is 5.97 Å². The Bertz CT molecular complexity index is 476. The maximum atomic E-state index is 12.1. The van der Waals surface area contributed by atoms with E-state index in [0.29, 0.717) is 6.54 Å². The highest BCUT2D eigenvalue weighted by atomic mass is 32.2. The number of hydrogen-bond acceptors (Lipinski definition) is 3. The van der Waals surface area contributed by atoms with E-state index in [4.69, 9.17) is 5.11 Å². The molecular weight excluding hydrogens is 262 g/mol. The first-order valence-electron chi connectivity index (χ1n) is 6.31. The fourth-order valence-corrected chi connectivity index (χ4v) is 2.86. The van der Waals surface area contributed by atoms with Crippen molar-refractivity contribution in [3.8, 4) is 0 Å². The van der Waals surface area contributed by atoms with Crippen molar-refractivity contribution in [2.75, 3.05) is 18.1 Å². The maximum Gasteiger partial charge on any atom is 0.313 e. The third-order valence-corrected chi connectivity index (χ3v) is 4.06. The molecule has 19 heavy (non-hydrogen) atoms. The molecule has 1 amide bonds. The third kappa shape index (κ3) is 3.99. The SMILES string of the molecule is O=C(O)CSCC(=O)N1CCCc2ccccc2C1. The van der Waals surface area contributed by atoms with Crippen molar-refractivity contribution in [3.63, 3.8) is 0 Å². The van der Waals surface area contributed by atoms with Gasteiger partial charge in [0.15, 0.2) is 0 Å². The van der Waals surface area contributed by atoms with Gasteiger partial charge in [0.05, 0.1) is 11.5 Å². The fourth-order valence-electron chi connectivity index (χ4n) is 2.23. The molecule has 2 rings (SSSR count). The van der Waals surface area contributed by atoms with Gasteiger partial charge in [0.25, 0.3) is 0 Å². The second-order valence-corrected chi connectivity index (χ2v) is 5.56. The summed E-state index contributed by atoms with van der Waals surface area (Å²) in [5.74, 6) is -0.619. The van der Waals surface area contributed by atoms with Crippen LogP contribution in [0, 0.1) is 0 Å². The number of aryl methyl sites for hydroxylation is 1. The zero-order valence-electron chi connectivity index (χ0n) is 10.7.